The molecule has 0 saturated carbocycles. The van der Waals surface area contributed by atoms with Gasteiger partial charge in [0.1, 0.15) is 4.60 Å². The predicted molar refractivity (Wildman–Crippen MR) is 77.1 cm³/mol. The van der Waals surface area contributed by atoms with Gasteiger partial charge in [-0.2, -0.15) is 0 Å². The Kier molecular flexibility index (Phi) is 4.11. The first-order valence-corrected chi connectivity index (χ1v) is 6.45. The van der Waals surface area contributed by atoms with Crippen LogP contribution in [0.3, 0.4) is 0 Å². The number of aromatic nitrogens is 1. The summed E-state index contributed by atoms with van der Waals surface area (Å²) in [6.07, 6.45) is 1.74. The second kappa shape index (κ2) is 5.79. The molecular formula is C13H12BrN3O2. The van der Waals surface area contributed by atoms with Crippen LogP contribution in [0.5, 0.6) is 0 Å². The Morgan fingerprint density at radius 1 is 1.37 bits per heavy atom. The third-order valence-electron chi connectivity index (χ3n) is 2.66. The molecule has 6 heteroatoms. The zero-order valence-corrected chi connectivity index (χ0v) is 11.8. The molecule has 0 fully saturated rings. The summed E-state index contributed by atoms with van der Waals surface area (Å²) in [5.74, 6) is 0. The summed E-state index contributed by atoms with van der Waals surface area (Å²) in [6, 6.07) is 8.47. The molecule has 0 amide bonds. The molecule has 1 N–H and O–H groups in total. The number of benzene rings is 1. The Balaban J connectivity index is 2.01. The standard InChI is InChI=1S/C13H12BrN3O2/c1-9-6-11(8-16-13(9)14)15-7-10-2-4-12(5-3-10)17(18)19/h2-6,8,15H,7H2,1H3. The lowest BCUT2D eigenvalue weighted by Gasteiger charge is -2.07. The summed E-state index contributed by atoms with van der Waals surface area (Å²) in [5, 5.41) is 13.8. The van der Waals surface area contributed by atoms with Crippen LogP contribution in [0.25, 0.3) is 0 Å². The number of anilines is 1. The molecule has 0 aliphatic heterocycles. The molecule has 1 aromatic carbocycles. The first-order chi connectivity index (χ1) is 9.06. The summed E-state index contributed by atoms with van der Waals surface area (Å²) in [5.41, 5.74) is 3.05. The van der Waals surface area contributed by atoms with E-state index in [4.69, 9.17) is 0 Å². The van der Waals surface area contributed by atoms with Crippen LogP contribution in [0.2, 0.25) is 0 Å². The van der Waals surface area contributed by atoms with Gasteiger partial charge in [0, 0.05) is 18.7 Å². The minimum atomic E-state index is -0.404. The molecule has 0 unspecified atom stereocenters. The van der Waals surface area contributed by atoms with Crippen LogP contribution < -0.4 is 5.32 Å². The maximum absolute atomic E-state index is 10.5. The van der Waals surface area contributed by atoms with Crippen molar-refractivity contribution in [1.82, 2.24) is 4.98 Å². The van der Waals surface area contributed by atoms with Gasteiger partial charge in [-0.1, -0.05) is 12.1 Å². The number of pyridine rings is 1. The average Bonchev–Trinajstić information content (AvgIpc) is 2.40. The lowest BCUT2D eigenvalue weighted by molar-refractivity contribution is -0.384. The SMILES string of the molecule is Cc1cc(NCc2ccc([N+](=O)[O-])cc2)cnc1Br. The van der Waals surface area contributed by atoms with Crippen molar-refractivity contribution in [3.05, 3.63) is 62.4 Å². The lowest BCUT2D eigenvalue weighted by atomic mass is 10.2. The maximum Gasteiger partial charge on any atom is 0.269 e. The van der Waals surface area contributed by atoms with Crippen LogP contribution in [0.4, 0.5) is 11.4 Å². The van der Waals surface area contributed by atoms with E-state index in [0.29, 0.717) is 6.54 Å². The quantitative estimate of drug-likeness (QED) is 0.530. The highest BCUT2D eigenvalue weighted by Crippen LogP contribution is 2.18. The Labute approximate surface area is 119 Å². The molecule has 0 aliphatic rings. The van der Waals surface area contributed by atoms with E-state index in [-0.39, 0.29) is 5.69 Å². The van der Waals surface area contributed by atoms with E-state index in [2.05, 4.69) is 26.2 Å². The number of halogens is 1. The molecule has 1 aromatic heterocycles. The van der Waals surface area contributed by atoms with Gasteiger partial charge in [0.15, 0.2) is 0 Å². The maximum atomic E-state index is 10.5. The van der Waals surface area contributed by atoms with Crippen molar-refractivity contribution in [2.75, 3.05) is 5.32 Å². The van der Waals surface area contributed by atoms with E-state index in [9.17, 15) is 10.1 Å². The second-order valence-corrected chi connectivity index (χ2v) is 4.86. The fourth-order valence-corrected chi connectivity index (χ4v) is 1.81. The molecule has 98 valence electrons. The summed E-state index contributed by atoms with van der Waals surface area (Å²) >= 11 is 3.34. The molecule has 1 heterocycles. The number of nitro benzene ring substituents is 1. The van der Waals surface area contributed by atoms with E-state index in [1.807, 2.05) is 13.0 Å². The third kappa shape index (κ3) is 3.51. The van der Waals surface area contributed by atoms with Gasteiger partial charge in [-0.25, -0.2) is 4.98 Å². The number of non-ortho nitro benzene ring substituents is 1. The van der Waals surface area contributed by atoms with Crippen LogP contribution >= 0.6 is 15.9 Å². The molecule has 0 saturated heterocycles. The summed E-state index contributed by atoms with van der Waals surface area (Å²) in [4.78, 5) is 14.3. The largest absolute Gasteiger partial charge is 0.380 e. The zero-order valence-electron chi connectivity index (χ0n) is 10.3. The van der Waals surface area contributed by atoms with Gasteiger partial charge in [0.25, 0.3) is 5.69 Å². The molecule has 0 bridgehead atoms. The Morgan fingerprint density at radius 3 is 2.63 bits per heavy atom. The molecule has 2 aromatic rings. The first kappa shape index (κ1) is 13.5. The number of nitro groups is 1. The average molecular weight is 322 g/mol. The van der Waals surface area contributed by atoms with Gasteiger partial charge in [-0.05, 0) is 40.0 Å². The van der Waals surface area contributed by atoms with Gasteiger partial charge in [-0.3, -0.25) is 10.1 Å². The number of nitrogens with one attached hydrogen (secondary N) is 1. The topological polar surface area (TPSA) is 68.1 Å². The van der Waals surface area contributed by atoms with E-state index in [1.54, 1.807) is 18.3 Å². The Bertz CT molecular complexity index is 599. The Hall–Kier alpha value is -1.95. The predicted octanol–water partition coefficient (Wildman–Crippen LogP) is 3.67. The molecule has 0 aliphatic carbocycles. The van der Waals surface area contributed by atoms with Crippen molar-refractivity contribution in [3.63, 3.8) is 0 Å². The van der Waals surface area contributed by atoms with E-state index in [0.717, 1.165) is 21.4 Å². The van der Waals surface area contributed by atoms with Gasteiger partial charge < -0.3 is 5.32 Å². The first-order valence-electron chi connectivity index (χ1n) is 5.65. The van der Waals surface area contributed by atoms with Gasteiger partial charge in [0.05, 0.1) is 16.8 Å². The van der Waals surface area contributed by atoms with Crippen LogP contribution in [0.15, 0.2) is 41.1 Å². The number of rotatable bonds is 4. The Morgan fingerprint density at radius 2 is 2.05 bits per heavy atom. The van der Waals surface area contributed by atoms with Crippen LogP contribution in [0.1, 0.15) is 11.1 Å². The molecule has 5 nitrogen and oxygen atoms in total. The second-order valence-electron chi connectivity index (χ2n) is 4.11. The number of hydrogen-bond acceptors (Lipinski definition) is 4. The molecule has 2 rings (SSSR count). The molecule has 0 spiro atoms. The van der Waals surface area contributed by atoms with E-state index < -0.39 is 4.92 Å². The fraction of sp³-hybridized carbons (Fsp3) is 0.154. The highest BCUT2D eigenvalue weighted by Gasteiger charge is 2.04. The smallest absolute Gasteiger partial charge is 0.269 e. The van der Waals surface area contributed by atoms with Crippen molar-refractivity contribution in [3.8, 4) is 0 Å². The van der Waals surface area contributed by atoms with Gasteiger partial charge >= 0.3 is 0 Å². The van der Waals surface area contributed by atoms with Crippen molar-refractivity contribution in [2.24, 2.45) is 0 Å². The van der Waals surface area contributed by atoms with Crippen molar-refractivity contribution >= 4 is 27.3 Å². The summed E-state index contributed by atoms with van der Waals surface area (Å²) < 4.78 is 0.827. The molecule has 0 radical (unpaired) electrons. The number of aryl methyl sites for hydroxylation is 1. The van der Waals surface area contributed by atoms with Crippen LogP contribution in [-0.2, 0) is 6.54 Å². The zero-order chi connectivity index (χ0) is 13.8. The highest BCUT2D eigenvalue weighted by molar-refractivity contribution is 9.10. The normalized spacial score (nSPS) is 10.2. The van der Waals surface area contributed by atoms with Crippen molar-refractivity contribution in [2.45, 2.75) is 13.5 Å². The monoisotopic (exact) mass is 321 g/mol. The number of nitrogens with zero attached hydrogens (tertiary/aromatic N) is 2. The minimum absolute atomic E-state index is 0.102. The van der Waals surface area contributed by atoms with E-state index in [1.165, 1.54) is 12.1 Å². The van der Waals surface area contributed by atoms with Gasteiger partial charge in [0.2, 0.25) is 0 Å². The molecule has 19 heavy (non-hydrogen) atoms. The fourth-order valence-electron chi connectivity index (χ4n) is 1.59. The third-order valence-corrected chi connectivity index (χ3v) is 3.49. The molecule has 0 atom stereocenters. The van der Waals surface area contributed by atoms with Crippen molar-refractivity contribution in [1.29, 1.82) is 0 Å². The van der Waals surface area contributed by atoms with Crippen molar-refractivity contribution < 1.29 is 4.92 Å². The van der Waals surface area contributed by atoms with Crippen LogP contribution in [0, 0.1) is 17.0 Å². The lowest BCUT2D eigenvalue weighted by Crippen LogP contribution is -2.00. The van der Waals surface area contributed by atoms with Gasteiger partial charge in [-0.15, -0.1) is 0 Å². The highest BCUT2D eigenvalue weighted by atomic mass is 79.9. The summed E-state index contributed by atoms with van der Waals surface area (Å²) in [6.45, 7) is 2.56. The van der Waals surface area contributed by atoms with Crippen LogP contribution in [-0.4, -0.2) is 9.91 Å². The van der Waals surface area contributed by atoms with E-state index >= 15 is 0 Å². The molecular weight excluding hydrogens is 310 g/mol. The minimum Gasteiger partial charge on any atom is -0.380 e. The number of hydrogen-bond donors (Lipinski definition) is 1. The summed E-state index contributed by atoms with van der Waals surface area (Å²) in [7, 11) is 0.